The first-order valence-electron chi connectivity index (χ1n) is 2.60. The number of halogens is 1. The van der Waals surface area contributed by atoms with Crippen molar-refractivity contribution < 1.29 is 0 Å². The summed E-state index contributed by atoms with van der Waals surface area (Å²) in [6.07, 6.45) is 3.41. The Bertz CT molecular complexity index is 358. The molecule has 3 nitrogen and oxygen atoms in total. The fraction of sp³-hybridized carbons (Fsp3) is 0. The van der Waals surface area contributed by atoms with E-state index in [1.165, 1.54) is 11.7 Å². The molecule has 0 N–H and O–H groups in total. The number of aromatic nitrogens is 3. The minimum atomic E-state index is 0.847. The molecular formula is C5H2BrN3S. The van der Waals surface area contributed by atoms with Crippen LogP contribution in [-0.2, 0) is 0 Å². The van der Waals surface area contributed by atoms with Crippen LogP contribution < -0.4 is 0 Å². The van der Waals surface area contributed by atoms with E-state index in [1.54, 1.807) is 12.4 Å². The Hall–Kier alpha value is -0.550. The average Bonchev–Trinajstić information content (AvgIpc) is 2.36. The molecule has 0 unspecified atom stereocenters. The summed E-state index contributed by atoms with van der Waals surface area (Å²) in [4.78, 5) is 3.94. The highest BCUT2D eigenvalue weighted by atomic mass is 79.9. The zero-order chi connectivity index (χ0) is 6.97. The van der Waals surface area contributed by atoms with E-state index in [0.29, 0.717) is 0 Å². The highest BCUT2D eigenvalue weighted by Gasteiger charge is 2.00. The lowest BCUT2D eigenvalue weighted by Crippen LogP contribution is -1.74. The van der Waals surface area contributed by atoms with Crippen LogP contribution in [0.5, 0.6) is 0 Å². The first kappa shape index (κ1) is 6.18. The van der Waals surface area contributed by atoms with Crippen LogP contribution in [0.3, 0.4) is 0 Å². The molecule has 0 aliphatic carbocycles. The standard InChI is InChI=1S/C5H2BrN3S/c6-3-1-7-2-4-5(3)9-10-8-4/h1-2H. The highest BCUT2D eigenvalue weighted by molar-refractivity contribution is 9.10. The first-order valence-corrected chi connectivity index (χ1v) is 4.12. The molecule has 2 aromatic heterocycles. The summed E-state index contributed by atoms with van der Waals surface area (Å²) in [6.45, 7) is 0. The second-order valence-electron chi connectivity index (χ2n) is 1.75. The molecule has 2 rings (SSSR count). The zero-order valence-corrected chi connectivity index (χ0v) is 7.19. The molecule has 50 valence electrons. The van der Waals surface area contributed by atoms with Gasteiger partial charge in [0.2, 0.25) is 0 Å². The summed E-state index contributed by atoms with van der Waals surface area (Å²) in [6, 6.07) is 0. The summed E-state index contributed by atoms with van der Waals surface area (Å²) in [5.41, 5.74) is 1.74. The number of rotatable bonds is 0. The van der Waals surface area contributed by atoms with E-state index in [4.69, 9.17) is 0 Å². The van der Waals surface area contributed by atoms with Crippen molar-refractivity contribution >= 4 is 38.7 Å². The number of hydrogen-bond donors (Lipinski definition) is 0. The van der Waals surface area contributed by atoms with Gasteiger partial charge in [0.25, 0.3) is 0 Å². The monoisotopic (exact) mass is 215 g/mol. The van der Waals surface area contributed by atoms with Crippen LogP contribution in [0.15, 0.2) is 16.9 Å². The Morgan fingerprint density at radius 3 is 3.00 bits per heavy atom. The van der Waals surface area contributed by atoms with E-state index in [2.05, 4.69) is 29.7 Å². The van der Waals surface area contributed by atoms with Crippen LogP contribution in [0.1, 0.15) is 0 Å². The molecule has 2 heterocycles. The predicted octanol–water partition coefficient (Wildman–Crippen LogP) is 1.85. The van der Waals surface area contributed by atoms with E-state index >= 15 is 0 Å². The quantitative estimate of drug-likeness (QED) is 0.674. The van der Waals surface area contributed by atoms with E-state index in [0.717, 1.165) is 15.5 Å². The van der Waals surface area contributed by atoms with Gasteiger partial charge in [-0.3, -0.25) is 4.98 Å². The molecule has 0 saturated carbocycles. The van der Waals surface area contributed by atoms with Gasteiger partial charge >= 0.3 is 0 Å². The van der Waals surface area contributed by atoms with Gasteiger partial charge in [-0.2, -0.15) is 8.75 Å². The smallest absolute Gasteiger partial charge is 0.124 e. The third kappa shape index (κ3) is 0.819. The van der Waals surface area contributed by atoms with Gasteiger partial charge in [-0.05, 0) is 15.9 Å². The van der Waals surface area contributed by atoms with Crippen molar-refractivity contribution in [3.8, 4) is 0 Å². The average molecular weight is 216 g/mol. The van der Waals surface area contributed by atoms with E-state index in [9.17, 15) is 0 Å². The molecule has 0 fully saturated rings. The lowest BCUT2D eigenvalue weighted by Gasteiger charge is -1.86. The largest absolute Gasteiger partial charge is 0.261 e. The molecule has 2 aromatic rings. The molecule has 0 spiro atoms. The van der Waals surface area contributed by atoms with Gasteiger partial charge in [-0.1, -0.05) is 0 Å². The van der Waals surface area contributed by atoms with Crippen molar-refractivity contribution in [3.05, 3.63) is 16.9 Å². The SMILES string of the molecule is Brc1cncc2nsnc12. The zero-order valence-electron chi connectivity index (χ0n) is 4.78. The van der Waals surface area contributed by atoms with Crippen LogP contribution in [0.2, 0.25) is 0 Å². The Morgan fingerprint density at radius 1 is 1.30 bits per heavy atom. The highest BCUT2D eigenvalue weighted by Crippen LogP contribution is 2.19. The van der Waals surface area contributed by atoms with Crippen LogP contribution in [0, 0.1) is 0 Å². The summed E-state index contributed by atoms with van der Waals surface area (Å²) in [7, 11) is 0. The van der Waals surface area contributed by atoms with Crippen molar-refractivity contribution in [3.63, 3.8) is 0 Å². The minimum absolute atomic E-state index is 0.847. The summed E-state index contributed by atoms with van der Waals surface area (Å²) < 4.78 is 8.98. The molecule has 0 bridgehead atoms. The Balaban J connectivity index is 2.95. The maximum Gasteiger partial charge on any atom is 0.124 e. The molecule has 10 heavy (non-hydrogen) atoms. The fourth-order valence-corrected chi connectivity index (χ4v) is 1.74. The Morgan fingerprint density at radius 2 is 2.20 bits per heavy atom. The topological polar surface area (TPSA) is 38.7 Å². The van der Waals surface area contributed by atoms with E-state index in [-0.39, 0.29) is 0 Å². The van der Waals surface area contributed by atoms with Gasteiger partial charge in [0.05, 0.1) is 22.4 Å². The maximum atomic E-state index is 4.06. The Labute approximate surface area is 69.6 Å². The fourth-order valence-electron chi connectivity index (χ4n) is 0.680. The van der Waals surface area contributed by atoms with Crippen molar-refractivity contribution in [2.24, 2.45) is 0 Å². The van der Waals surface area contributed by atoms with Crippen LogP contribution >= 0.6 is 27.7 Å². The molecule has 0 aliphatic heterocycles. The van der Waals surface area contributed by atoms with Crippen LogP contribution in [-0.4, -0.2) is 13.7 Å². The van der Waals surface area contributed by atoms with E-state index < -0.39 is 0 Å². The molecular weight excluding hydrogens is 214 g/mol. The van der Waals surface area contributed by atoms with Gasteiger partial charge in [-0.15, -0.1) is 0 Å². The number of hydrogen-bond acceptors (Lipinski definition) is 4. The molecule has 0 saturated heterocycles. The third-order valence-electron chi connectivity index (χ3n) is 1.12. The molecule has 0 aliphatic rings. The van der Waals surface area contributed by atoms with E-state index in [1.807, 2.05) is 0 Å². The molecule has 0 atom stereocenters. The lowest BCUT2D eigenvalue weighted by atomic mass is 10.4. The Kier molecular flexibility index (Phi) is 1.39. The summed E-state index contributed by atoms with van der Waals surface area (Å²) in [5, 5.41) is 0. The molecule has 0 amide bonds. The van der Waals surface area contributed by atoms with Crippen LogP contribution in [0.25, 0.3) is 11.0 Å². The first-order chi connectivity index (χ1) is 4.88. The molecule has 5 heteroatoms. The summed E-state index contributed by atoms with van der Waals surface area (Å²) >= 11 is 4.51. The van der Waals surface area contributed by atoms with Gasteiger partial charge < -0.3 is 0 Å². The molecule has 0 aromatic carbocycles. The summed E-state index contributed by atoms with van der Waals surface area (Å²) in [5.74, 6) is 0. The van der Waals surface area contributed by atoms with Gasteiger partial charge in [0.15, 0.2) is 0 Å². The third-order valence-corrected chi connectivity index (χ3v) is 2.25. The number of nitrogens with zero attached hydrogens (tertiary/aromatic N) is 3. The van der Waals surface area contributed by atoms with Crippen molar-refractivity contribution in [2.45, 2.75) is 0 Å². The molecule has 0 radical (unpaired) electrons. The predicted molar refractivity (Wildman–Crippen MR) is 42.9 cm³/mol. The minimum Gasteiger partial charge on any atom is -0.261 e. The van der Waals surface area contributed by atoms with Crippen molar-refractivity contribution in [1.29, 1.82) is 0 Å². The second kappa shape index (κ2) is 2.25. The number of pyridine rings is 1. The van der Waals surface area contributed by atoms with Crippen molar-refractivity contribution in [1.82, 2.24) is 13.7 Å². The lowest BCUT2D eigenvalue weighted by molar-refractivity contribution is 1.33. The second-order valence-corrected chi connectivity index (χ2v) is 3.14. The maximum absolute atomic E-state index is 4.06. The van der Waals surface area contributed by atoms with Gasteiger partial charge in [-0.25, -0.2) is 0 Å². The van der Waals surface area contributed by atoms with Gasteiger partial charge in [0, 0.05) is 6.20 Å². The normalized spacial score (nSPS) is 10.5. The van der Waals surface area contributed by atoms with Crippen molar-refractivity contribution in [2.75, 3.05) is 0 Å². The van der Waals surface area contributed by atoms with Gasteiger partial charge in [0.1, 0.15) is 11.0 Å². The van der Waals surface area contributed by atoms with Crippen LogP contribution in [0.4, 0.5) is 0 Å². The number of fused-ring (bicyclic) bond motifs is 1.